The quantitative estimate of drug-likeness (QED) is 0.883. The first-order valence-corrected chi connectivity index (χ1v) is 7.19. The number of hydrogen-bond acceptors (Lipinski definition) is 2. The van der Waals surface area contributed by atoms with E-state index in [1.54, 1.807) is 0 Å². The van der Waals surface area contributed by atoms with Crippen molar-refractivity contribution in [3.63, 3.8) is 0 Å². The van der Waals surface area contributed by atoms with Crippen molar-refractivity contribution in [1.82, 2.24) is 4.90 Å². The number of aliphatic hydroxyl groups excluding tert-OH is 1. The van der Waals surface area contributed by atoms with Crippen LogP contribution in [0.2, 0.25) is 0 Å². The van der Waals surface area contributed by atoms with Gasteiger partial charge in [-0.2, -0.15) is 0 Å². The number of piperidine rings is 1. The maximum absolute atomic E-state index is 10.4. The molecule has 1 aromatic rings. The van der Waals surface area contributed by atoms with Crippen LogP contribution in [0.15, 0.2) is 30.3 Å². The van der Waals surface area contributed by atoms with Gasteiger partial charge in [0.1, 0.15) is 0 Å². The van der Waals surface area contributed by atoms with E-state index in [1.807, 2.05) is 30.3 Å². The van der Waals surface area contributed by atoms with Gasteiger partial charge in [-0.3, -0.25) is 4.90 Å². The van der Waals surface area contributed by atoms with Gasteiger partial charge in [0, 0.05) is 6.04 Å². The molecule has 0 saturated carbocycles. The summed E-state index contributed by atoms with van der Waals surface area (Å²) in [6.45, 7) is 6.68. The lowest BCUT2D eigenvalue weighted by Gasteiger charge is -2.37. The van der Waals surface area contributed by atoms with Crippen LogP contribution >= 0.6 is 0 Å². The summed E-state index contributed by atoms with van der Waals surface area (Å²) in [5.41, 5.74) is 1.03. The second-order valence-electron chi connectivity index (χ2n) is 5.48. The molecule has 0 radical (unpaired) electrons. The van der Waals surface area contributed by atoms with E-state index >= 15 is 0 Å². The van der Waals surface area contributed by atoms with Gasteiger partial charge in [-0.15, -0.1) is 0 Å². The Balaban J connectivity index is 1.93. The molecule has 0 aliphatic carbocycles. The fraction of sp³-hybridized carbons (Fsp3) is 0.625. The van der Waals surface area contributed by atoms with E-state index in [1.165, 1.54) is 19.3 Å². The van der Waals surface area contributed by atoms with Crippen molar-refractivity contribution in [2.24, 2.45) is 5.92 Å². The molecule has 2 nitrogen and oxygen atoms in total. The summed E-state index contributed by atoms with van der Waals surface area (Å²) in [6.07, 6.45) is 3.48. The monoisotopic (exact) mass is 247 g/mol. The summed E-state index contributed by atoms with van der Waals surface area (Å²) in [6, 6.07) is 10.2. The highest BCUT2D eigenvalue weighted by Gasteiger charge is 2.26. The lowest BCUT2D eigenvalue weighted by atomic mass is 9.92. The van der Waals surface area contributed by atoms with E-state index in [0.717, 1.165) is 24.6 Å². The van der Waals surface area contributed by atoms with E-state index in [2.05, 4.69) is 18.7 Å². The zero-order chi connectivity index (χ0) is 13.0. The minimum atomic E-state index is -0.371. The van der Waals surface area contributed by atoms with Crippen LogP contribution < -0.4 is 0 Å². The molecule has 0 bridgehead atoms. The first-order chi connectivity index (χ1) is 8.72. The number of hydrogen-bond donors (Lipinski definition) is 1. The first-order valence-electron chi connectivity index (χ1n) is 7.19. The predicted octanol–water partition coefficient (Wildman–Crippen LogP) is 3.23. The standard InChI is InChI=1S/C16H25NO/c1-3-14-9-11-17(12-10-14)13(2)16(18)15-7-5-4-6-8-15/h4-8,13-14,16,18H,3,9-12H2,1-2H3. The summed E-state index contributed by atoms with van der Waals surface area (Å²) >= 11 is 0. The molecule has 1 saturated heterocycles. The minimum Gasteiger partial charge on any atom is -0.387 e. The van der Waals surface area contributed by atoms with Crippen molar-refractivity contribution >= 4 is 0 Å². The average molecular weight is 247 g/mol. The second kappa shape index (κ2) is 6.35. The van der Waals surface area contributed by atoms with Gasteiger partial charge in [0.05, 0.1) is 6.10 Å². The van der Waals surface area contributed by atoms with Crippen molar-refractivity contribution in [3.8, 4) is 0 Å². The second-order valence-corrected chi connectivity index (χ2v) is 5.48. The molecule has 1 heterocycles. The van der Waals surface area contributed by atoms with Gasteiger partial charge in [-0.25, -0.2) is 0 Å². The molecule has 0 aromatic heterocycles. The van der Waals surface area contributed by atoms with Crippen molar-refractivity contribution in [2.75, 3.05) is 13.1 Å². The third-order valence-electron chi connectivity index (χ3n) is 4.40. The topological polar surface area (TPSA) is 23.5 Å². The minimum absolute atomic E-state index is 0.213. The molecular formula is C16H25NO. The Bertz CT molecular complexity index is 343. The zero-order valence-corrected chi connectivity index (χ0v) is 11.5. The van der Waals surface area contributed by atoms with E-state index < -0.39 is 0 Å². The number of likely N-dealkylation sites (tertiary alicyclic amines) is 1. The molecule has 18 heavy (non-hydrogen) atoms. The van der Waals surface area contributed by atoms with E-state index in [0.29, 0.717) is 0 Å². The Labute approximate surface area is 111 Å². The third kappa shape index (κ3) is 3.12. The largest absolute Gasteiger partial charge is 0.387 e. The average Bonchev–Trinajstić information content (AvgIpc) is 2.47. The van der Waals surface area contributed by atoms with Crippen LogP contribution in [-0.4, -0.2) is 29.1 Å². The maximum Gasteiger partial charge on any atom is 0.0942 e. The Morgan fingerprint density at radius 1 is 1.22 bits per heavy atom. The van der Waals surface area contributed by atoms with Gasteiger partial charge < -0.3 is 5.11 Å². The Morgan fingerprint density at radius 2 is 1.83 bits per heavy atom. The van der Waals surface area contributed by atoms with Gasteiger partial charge in [0.15, 0.2) is 0 Å². The Hall–Kier alpha value is -0.860. The molecule has 1 aliphatic rings. The lowest BCUT2D eigenvalue weighted by Crippen LogP contribution is -2.42. The molecule has 1 fully saturated rings. The third-order valence-corrected chi connectivity index (χ3v) is 4.40. The lowest BCUT2D eigenvalue weighted by molar-refractivity contribution is 0.0369. The van der Waals surface area contributed by atoms with E-state index in [9.17, 15) is 5.11 Å². The summed E-state index contributed by atoms with van der Waals surface area (Å²) in [5.74, 6) is 0.891. The molecular weight excluding hydrogens is 222 g/mol. The first kappa shape index (κ1) is 13.6. The molecule has 100 valence electrons. The smallest absolute Gasteiger partial charge is 0.0942 e. The molecule has 2 heteroatoms. The highest BCUT2D eigenvalue weighted by Crippen LogP contribution is 2.26. The van der Waals surface area contributed by atoms with Gasteiger partial charge in [0.2, 0.25) is 0 Å². The SMILES string of the molecule is CCC1CCN(C(C)C(O)c2ccccc2)CC1. The van der Waals surface area contributed by atoms with Gasteiger partial charge in [-0.1, -0.05) is 43.7 Å². The van der Waals surface area contributed by atoms with Crippen LogP contribution in [-0.2, 0) is 0 Å². The van der Waals surface area contributed by atoms with Crippen molar-refractivity contribution in [3.05, 3.63) is 35.9 Å². The van der Waals surface area contributed by atoms with Crippen LogP contribution in [0.4, 0.5) is 0 Å². The predicted molar refractivity (Wildman–Crippen MR) is 75.5 cm³/mol. The van der Waals surface area contributed by atoms with Gasteiger partial charge in [-0.05, 0) is 44.3 Å². The van der Waals surface area contributed by atoms with Gasteiger partial charge >= 0.3 is 0 Å². The number of nitrogens with zero attached hydrogens (tertiary/aromatic N) is 1. The molecule has 1 aliphatic heterocycles. The fourth-order valence-corrected chi connectivity index (χ4v) is 2.90. The fourth-order valence-electron chi connectivity index (χ4n) is 2.90. The van der Waals surface area contributed by atoms with Crippen LogP contribution in [0.1, 0.15) is 44.8 Å². The maximum atomic E-state index is 10.4. The van der Waals surface area contributed by atoms with Gasteiger partial charge in [0.25, 0.3) is 0 Å². The molecule has 2 rings (SSSR count). The van der Waals surface area contributed by atoms with Crippen molar-refractivity contribution in [2.45, 2.75) is 45.3 Å². The summed E-state index contributed by atoms with van der Waals surface area (Å²) in [7, 11) is 0. The Morgan fingerprint density at radius 3 is 2.39 bits per heavy atom. The molecule has 2 unspecified atom stereocenters. The zero-order valence-electron chi connectivity index (χ0n) is 11.5. The van der Waals surface area contributed by atoms with Crippen molar-refractivity contribution in [1.29, 1.82) is 0 Å². The Kier molecular flexibility index (Phi) is 4.79. The number of benzene rings is 1. The van der Waals surface area contributed by atoms with Crippen LogP contribution in [0, 0.1) is 5.92 Å². The van der Waals surface area contributed by atoms with Crippen molar-refractivity contribution < 1.29 is 5.11 Å². The normalized spacial score (nSPS) is 21.7. The highest BCUT2D eigenvalue weighted by atomic mass is 16.3. The van der Waals surface area contributed by atoms with Crippen LogP contribution in [0.25, 0.3) is 0 Å². The van der Waals surface area contributed by atoms with E-state index in [-0.39, 0.29) is 12.1 Å². The number of aliphatic hydroxyl groups is 1. The summed E-state index contributed by atoms with van der Waals surface area (Å²) in [4.78, 5) is 2.43. The highest BCUT2D eigenvalue weighted by molar-refractivity contribution is 5.18. The molecule has 1 aromatic carbocycles. The van der Waals surface area contributed by atoms with Crippen LogP contribution in [0.5, 0.6) is 0 Å². The number of rotatable bonds is 4. The summed E-state index contributed by atoms with van der Waals surface area (Å²) in [5, 5.41) is 10.4. The molecule has 0 amide bonds. The van der Waals surface area contributed by atoms with E-state index in [4.69, 9.17) is 0 Å². The van der Waals surface area contributed by atoms with Crippen LogP contribution in [0.3, 0.4) is 0 Å². The molecule has 2 atom stereocenters. The molecule has 1 N–H and O–H groups in total. The summed E-state index contributed by atoms with van der Waals surface area (Å²) < 4.78 is 0. The molecule has 0 spiro atoms.